The van der Waals surface area contributed by atoms with Gasteiger partial charge in [0.1, 0.15) is 5.82 Å². The Morgan fingerprint density at radius 1 is 1.60 bits per heavy atom. The summed E-state index contributed by atoms with van der Waals surface area (Å²) in [5.74, 6) is 1.73. The molecule has 0 amide bonds. The van der Waals surface area contributed by atoms with Gasteiger partial charge < -0.3 is 9.30 Å². The van der Waals surface area contributed by atoms with Gasteiger partial charge in [0.2, 0.25) is 0 Å². The van der Waals surface area contributed by atoms with Crippen LogP contribution in [-0.2, 0) is 11.3 Å². The summed E-state index contributed by atoms with van der Waals surface area (Å²) in [6.07, 6.45) is 2.76. The molecule has 0 bridgehead atoms. The molecular formula is C10H17N3OS. The normalized spacial score (nSPS) is 16.2. The maximum atomic E-state index is 5.52. The first-order valence-electron chi connectivity index (χ1n) is 5.45. The minimum atomic E-state index is 0.274. The third-order valence-corrected chi connectivity index (χ3v) is 2.81. The van der Waals surface area contributed by atoms with Crippen LogP contribution in [0.1, 0.15) is 38.4 Å². The molecule has 0 aromatic carbocycles. The zero-order chi connectivity index (χ0) is 10.8. The van der Waals surface area contributed by atoms with E-state index in [9.17, 15) is 0 Å². The Bertz CT molecular complexity index is 378. The lowest BCUT2D eigenvalue weighted by Crippen LogP contribution is -2.12. The molecule has 5 heteroatoms. The van der Waals surface area contributed by atoms with Crippen LogP contribution >= 0.6 is 12.2 Å². The average Bonchev–Trinajstić information content (AvgIpc) is 2.94. The Hall–Kier alpha value is -0.680. The van der Waals surface area contributed by atoms with Gasteiger partial charge in [-0.2, -0.15) is 5.10 Å². The highest BCUT2D eigenvalue weighted by atomic mass is 32.1. The van der Waals surface area contributed by atoms with Gasteiger partial charge in [0, 0.05) is 5.92 Å². The van der Waals surface area contributed by atoms with Crippen LogP contribution < -0.4 is 0 Å². The highest BCUT2D eigenvalue weighted by Gasteiger charge is 2.28. The molecule has 0 unspecified atom stereocenters. The number of rotatable bonds is 5. The first-order valence-corrected chi connectivity index (χ1v) is 5.86. The summed E-state index contributed by atoms with van der Waals surface area (Å²) >= 11 is 5.19. The third kappa shape index (κ3) is 2.66. The molecule has 84 valence electrons. The molecule has 1 aromatic heterocycles. The number of hydrogen-bond acceptors (Lipinski definition) is 3. The topological polar surface area (TPSA) is 42.8 Å². The molecular weight excluding hydrogens is 210 g/mol. The second kappa shape index (κ2) is 4.45. The summed E-state index contributed by atoms with van der Waals surface area (Å²) in [4.78, 5) is 0. The van der Waals surface area contributed by atoms with Gasteiger partial charge in [0.15, 0.2) is 4.77 Å². The lowest BCUT2D eigenvalue weighted by molar-refractivity contribution is 0.0721. The molecule has 1 aliphatic rings. The van der Waals surface area contributed by atoms with Crippen molar-refractivity contribution in [2.24, 2.45) is 0 Å². The Morgan fingerprint density at radius 3 is 2.93 bits per heavy atom. The second-order valence-electron chi connectivity index (χ2n) is 4.23. The van der Waals surface area contributed by atoms with Crippen molar-refractivity contribution in [3.05, 3.63) is 10.6 Å². The Kier molecular flexibility index (Phi) is 3.21. The van der Waals surface area contributed by atoms with E-state index in [1.165, 1.54) is 12.8 Å². The van der Waals surface area contributed by atoms with Crippen molar-refractivity contribution in [3.8, 4) is 0 Å². The molecule has 1 aromatic rings. The van der Waals surface area contributed by atoms with E-state index in [4.69, 9.17) is 17.0 Å². The van der Waals surface area contributed by atoms with Crippen molar-refractivity contribution < 1.29 is 4.74 Å². The first-order chi connectivity index (χ1) is 7.18. The molecule has 0 saturated heterocycles. The molecule has 1 heterocycles. The predicted octanol–water partition coefficient (Wildman–Crippen LogP) is 2.24. The van der Waals surface area contributed by atoms with Crippen LogP contribution in [0.3, 0.4) is 0 Å². The van der Waals surface area contributed by atoms with Crippen LogP contribution in [0.25, 0.3) is 0 Å². The molecule has 1 N–H and O–H groups in total. The van der Waals surface area contributed by atoms with Crippen molar-refractivity contribution in [2.75, 3.05) is 6.61 Å². The molecule has 0 spiro atoms. The number of H-pyrrole nitrogens is 1. The van der Waals surface area contributed by atoms with Gasteiger partial charge in [-0.3, -0.25) is 5.10 Å². The van der Waals surface area contributed by atoms with Gasteiger partial charge in [-0.1, -0.05) is 0 Å². The summed E-state index contributed by atoms with van der Waals surface area (Å²) in [6.45, 7) is 5.58. The first kappa shape index (κ1) is 10.8. The molecule has 4 nitrogen and oxygen atoms in total. The lowest BCUT2D eigenvalue weighted by Gasteiger charge is -2.09. The van der Waals surface area contributed by atoms with E-state index < -0.39 is 0 Å². The van der Waals surface area contributed by atoms with Crippen LogP contribution in [-0.4, -0.2) is 27.5 Å². The molecule has 1 aliphatic carbocycles. The van der Waals surface area contributed by atoms with Gasteiger partial charge in [0.05, 0.1) is 19.3 Å². The Labute approximate surface area is 94.6 Å². The van der Waals surface area contributed by atoms with Crippen LogP contribution in [0.2, 0.25) is 0 Å². The summed E-state index contributed by atoms with van der Waals surface area (Å²) in [6, 6.07) is 0. The third-order valence-electron chi connectivity index (χ3n) is 2.50. The molecule has 0 radical (unpaired) electrons. The predicted molar refractivity (Wildman–Crippen MR) is 60.5 cm³/mol. The van der Waals surface area contributed by atoms with Crippen LogP contribution in [0.15, 0.2) is 0 Å². The van der Waals surface area contributed by atoms with Gasteiger partial charge in [-0.05, 0) is 38.9 Å². The van der Waals surface area contributed by atoms with Crippen molar-refractivity contribution >= 4 is 12.2 Å². The monoisotopic (exact) mass is 227 g/mol. The van der Waals surface area contributed by atoms with Crippen molar-refractivity contribution in [3.63, 3.8) is 0 Å². The van der Waals surface area contributed by atoms with Crippen LogP contribution in [0.4, 0.5) is 0 Å². The molecule has 1 saturated carbocycles. The zero-order valence-corrected chi connectivity index (χ0v) is 10.0. The van der Waals surface area contributed by atoms with Gasteiger partial charge in [-0.15, -0.1) is 0 Å². The highest BCUT2D eigenvalue weighted by Crippen LogP contribution is 2.38. The van der Waals surface area contributed by atoms with E-state index in [2.05, 4.69) is 14.8 Å². The van der Waals surface area contributed by atoms with E-state index in [1.807, 2.05) is 13.8 Å². The second-order valence-corrected chi connectivity index (χ2v) is 4.62. The number of aromatic amines is 1. The summed E-state index contributed by atoms with van der Waals surface area (Å²) in [5, 5.41) is 7.12. The van der Waals surface area contributed by atoms with E-state index in [-0.39, 0.29) is 6.10 Å². The Morgan fingerprint density at radius 2 is 2.33 bits per heavy atom. The average molecular weight is 227 g/mol. The fraction of sp³-hybridized carbons (Fsp3) is 0.800. The van der Waals surface area contributed by atoms with Crippen molar-refractivity contribution in [2.45, 2.75) is 45.3 Å². The minimum Gasteiger partial charge on any atom is -0.377 e. The molecule has 0 atom stereocenters. The van der Waals surface area contributed by atoms with Gasteiger partial charge in [0.25, 0.3) is 0 Å². The number of ether oxygens (including phenoxy) is 1. The highest BCUT2D eigenvalue weighted by molar-refractivity contribution is 7.71. The molecule has 0 aliphatic heterocycles. The molecule has 1 fully saturated rings. The SMILES string of the molecule is CC(C)OCCn1c(C2CC2)n[nH]c1=S. The molecule has 2 rings (SSSR count). The van der Waals surface area contributed by atoms with E-state index in [1.54, 1.807) is 0 Å². The summed E-state index contributed by atoms with van der Waals surface area (Å²) < 4.78 is 8.29. The van der Waals surface area contributed by atoms with Gasteiger partial charge >= 0.3 is 0 Å². The zero-order valence-electron chi connectivity index (χ0n) is 9.19. The largest absolute Gasteiger partial charge is 0.377 e. The summed E-state index contributed by atoms with van der Waals surface area (Å²) in [7, 11) is 0. The van der Waals surface area contributed by atoms with E-state index >= 15 is 0 Å². The Balaban J connectivity index is 1.99. The fourth-order valence-electron chi connectivity index (χ4n) is 1.58. The maximum Gasteiger partial charge on any atom is 0.195 e. The quantitative estimate of drug-likeness (QED) is 0.784. The van der Waals surface area contributed by atoms with E-state index in [0.29, 0.717) is 17.3 Å². The number of aromatic nitrogens is 3. The molecule has 15 heavy (non-hydrogen) atoms. The number of nitrogens with zero attached hydrogens (tertiary/aromatic N) is 2. The van der Waals surface area contributed by atoms with Gasteiger partial charge in [-0.25, -0.2) is 0 Å². The van der Waals surface area contributed by atoms with Crippen molar-refractivity contribution in [1.82, 2.24) is 14.8 Å². The van der Waals surface area contributed by atoms with E-state index in [0.717, 1.165) is 12.4 Å². The number of nitrogens with one attached hydrogen (secondary N) is 1. The van der Waals surface area contributed by atoms with Crippen LogP contribution in [0.5, 0.6) is 0 Å². The maximum absolute atomic E-state index is 5.52. The summed E-state index contributed by atoms with van der Waals surface area (Å²) in [5.41, 5.74) is 0. The smallest absolute Gasteiger partial charge is 0.195 e. The standard InChI is InChI=1S/C10H17N3OS/c1-7(2)14-6-5-13-9(8-3-4-8)11-12-10(13)15/h7-8H,3-6H2,1-2H3,(H,12,15). The van der Waals surface area contributed by atoms with Crippen LogP contribution in [0, 0.1) is 4.77 Å². The number of hydrogen-bond donors (Lipinski definition) is 1. The minimum absolute atomic E-state index is 0.274. The lowest BCUT2D eigenvalue weighted by atomic mass is 10.4. The fourth-order valence-corrected chi connectivity index (χ4v) is 1.81. The van der Waals surface area contributed by atoms with Crippen molar-refractivity contribution in [1.29, 1.82) is 0 Å².